The molecule has 110 valence electrons. The summed E-state index contributed by atoms with van der Waals surface area (Å²) < 4.78 is 5.15. The summed E-state index contributed by atoms with van der Waals surface area (Å²) in [6.45, 7) is 3.00. The van der Waals surface area contributed by atoms with Crippen LogP contribution in [-0.2, 0) is 17.8 Å². The van der Waals surface area contributed by atoms with Crippen molar-refractivity contribution < 1.29 is 9.53 Å². The summed E-state index contributed by atoms with van der Waals surface area (Å²) in [7, 11) is 1.66. The minimum absolute atomic E-state index is 0.104. The summed E-state index contributed by atoms with van der Waals surface area (Å²) in [5, 5.41) is 0. The lowest BCUT2D eigenvalue weighted by Crippen LogP contribution is -2.30. The second-order valence-electron chi connectivity index (χ2n) is 5.02. The maximum Gasteiger partial charge on any atom is 0.219 e. The largest absolute Gasteiger partial charge is 0.497 e. The molecule has 0 aliphatic carbocycles. The molecule has 0 aliphatic heterocycles. The highest BCUT2D eigenvalue weighted by Crippen LogP contribution is 2.13. The van der Waals surface area contributed by atoms with Gasteiger partial charge in [0.25, 0.3) is 0 Å². The Morgan fingerprint density at radius 3 is 2.24 bits per heavy atom. The maximum absolute atomic E-state index is 11.8. The molecule has 0 saturated carbocycles. The van der Waals surface area contributed by atoms with E-state index in [9.17, 15) is 4.79 Å². The van der Waals surface area contributed by atoms with Gasteiger partial charge in [-0.1, -0.05) is 42.5 Å². The number of benzene rings is 2. The van der Waals surface area contributed by atoms with Gasteiger partial charge in [-0.25, -0.2) is 0 Å². The summed E-state index contributed by atoms with van der Waals surface area (Å²) in [4.78, 5) is 13.7. The number of amides is 1. The van der Waals surface area contributed by atoms with E-state index in [-0.39, 0.29) is 5.91 Å². The summed E-state index contributed by atoms with van der Waals surface area (Å²) in [6.07, 6.45) is 0.844. The zero-order chi connectivity index (χ0) is 15.1. The molecule has 0 saturated heterocycles. The van der Waals surface area contributed by atoms with Crippen LogP contribution in [0, 0.1) is 0 Å². The number of hydrogen-bond acceptors (Lipinski definition) is 2. The van der Waals surface area contributed by atoms with E-state index in [0.29, 0.717) is 6.54 Å². The fraction of sp³-hybridized carbons (Fsp3) is 0.278. The molecule has 0 aliphatic rings. The molecule has 3 nitrogen and oxygen atoms in total. The SMILES string of the molecule is COc1ccc(CCN(Cc2ccccc2)C(C)=O)cc1. The third-order valence-electron chi connectivity index (χ3n) is 3.49. The van der Waals surface area contributed by atoms with Gasteiger partial charge in [0.1, 0.15) is 5.75 Å². The van der Waals surface area contributed by atoms with Crippen LogP contribution in [0.2, 0.25) is 0 Å². The lowest BCUT2D eigenvalue weighted by atomic mass is 10.1. The van der Waals surface area contributed by atoms with Crippen LogP contribution in [0.3, 0.4) is 0 Å². The van der Waals surface area contributed by atoms with Gasteiger partial charge in [0, 0.05) is 20.0 Å². The van der Waals surface area contributed by atoms with E-state index in [0.717, 1.165) is 24.3 Å². The molecular formula is C18H21NO2. The topological polar surface area (TPSA) is 29.5 Å². The lowest BCUT2D eigenvalue weighted by molar-refractivity contribution is -0.129. The smallest absolute Gasteiger partial charge is 0.219 e. The standard InChI is InChI=1S/C18H21NO2/c1-15(20)19(14-17-6-4-3-5-7-17)13-12-16-8-10-18(21-2)11-9-16/h3-11H,12-14H2,1-2H3. The molecule has 2 rings (SSSR count). The van der Waals surface area contributed by atoms with Gasteiger partial charge in [0.15, 0.2) is 0 Å². The average Bonchev–Trinajstić information content (AvgIpc) is 2.52. The molecule has 0 spiro atoms. The normalized spacial score (nSPS) is 10.2. The van der Waals surface area contributed by atoms with E-state index >= 15 is 0 Å². The number of hydrogen-bond donors (Lipinski definition) is 0. The van der Waals surface area contributed by atoms with Crippen LogP contribution in [0.1, 0.15) is 18.1 Å². The Hall–Kier alpha value is -2.29. The zero-order valence-electron chi connectivity index (χ0n) is 12.6. The quantitative estimate of drug-likeness (QED) is 0.814. The molecule has 1 amide bonds. The highest BCUT2D eigenvalue weighted by atomic mass is 16.5. The summed E-state index contributed by atoms with van der Waals surface area (Å²) >= 11 is 0. The molecule has 0 fully saturated rings. The molecule has 2 aromatic carbocycles. The predicted octanol–water partition coefficient (Wildman–Crippen LogP) is 3.29. The minimum atomic E-state index is 0.104. The average molecular weight is 283 g/mol. The fourth-order valence-corrected chi connectivity index (χ4v) is 2.21. The molecule has 0 bridgehead atoms. The molecule has 3 heteroatoms. The molecular weight excluding hydrogens is 262 g/mol. The second kappa shape index (κ2) is 7.48. The van der Waals surface area contributed by atoms with E-state index in [2.05, 4.69) is 0 Å². The predicted molar refractivity (Wildman–Crippen MR) is 84.2 cm³/mol. The van der Waals surface area contributed by atoms with E-state index in [4.69, 9.17) is 4.74 Å². The van der Waals surface area contributed by atoms with Crippen molar-refractivity contribution in [1.29, 1.82) is 0 Å². The summed E-state index contributed by atoms with van der Waals surface area (Å²) in [6, 6.07) is 18.1. The Morgan fingerprint density at radius 1 is 1.00 bits per heavy atom. The van der Waals surface area contributed by atoms with E-state index in [1.54, 1.807) is 14.0 Å². The monoisotopic (exact) mass is 283 g/mol. The minimum Gasteiger partial charge on any atom is -0.497 e. The lowest BCUT2D eigenvalue weighted by Gasteiger charge is -2.21. The number of carbonyl (C=O) groups excluding carboxylic acids is 1. The number of nitrogens with zero attached hydrogens (tertiary/aromatic N) is 1. The van der Waals surface area contributed by atoms with Crippen LogP contribution in [0.4, 0.5) is 0 Å². The molecule has 0 atom stereocenters. The van der Waals surface area contributed by atoms with Gasteiger partial charge in [-0.3, -0.25) is 4.79 Å². The molecule has 0 aromatic heterocycles. The third kappa shape index (κ3) is 4.63. The van der Waals surface area contributed by atoms with Crippen molar-refractivity contribution in [3.63, 3.8) is 0 Å². The van der Waals surface area contributed by atoms with Crippen LogP contribution >= 0.6 is 0 Å². The Bertz CT molecular complexity index is 564. The first-order valence-corrected chi connectivity index (χ1v) is 7.11. The van der Waals surface area contributed by atoms with E-state index in [1.807, 2.05) is 59.5 Å². The zero-order valence-corrected chi connectivity index (χ0v) is 12.6. The van der Waals surface area contributed by atoms with Gasteiger partial charge in [0.05, 0.1) is 7.11 Å². The fourth-order valence-electron chi connectivity index (χ4n) is 2.21. The molecule has 21 heavy (non-hydrogen) atoms. The maximum atomic E-state index is 11.8. The third-order valence-corrected chi connectivity index (χ3v) is 3.49. The van der Waals surface area contributed by atoms with Crippen LogP contribution in [0.5, 0.6) is 5.75 Å². The van der Waals surface area contributed by atoms with Crippen LogP contribution < -0.4 is 4.74 Å². The number of methoxy groups -OCH3 is 1. The van der Waals surface area contributed by atoms with Crippen molar-refractivity contribution in [2.45, 2.75) is 19.9 Å². The Labute approximate surface area is 126 Å². The van der Waals surface area contributed by atoms with Crippen molar-refractivity contribution in [3.05, 3.63) is 65.7 Å². The molecule has 0 unspecified atom stereocenters. The van der Waals surface area contributed by atoms with Gasteiger partial charge in [-0.05, 0) is 29.7 Å². The van der Waals surface area contributed by atoms with Gasteiger partial charge < -0.3 is 9.64 Å². The van der Waals surface area contributed by atoms with Crippen molar-refractivity contribution in [1.82, 2.24) is 4.90 Å². The Balaban J connectivity index is 1.95. The Morgan fingerprint density at radius 2 is 1.67 bits per heavy atom. The van der Waals surface area contributed by atoms with Gasteiger partial charge in [-0.15, -0.1) is 0 Å². The highest BCUT2D eigenvalue weighted by Gasteiger charge is 2.09. The van der Waals surface area contributed by atoms with Crippen molar-refractivity contribution >= 4 is 5.91 Å². The Kier molecular flexibility index (Phi) is 5.38. The summed E-state index contributed by atoms with van der Waals surface area (Å²) in [5.74, 6) is 0.957. The molecule has 0 radical (unpaired) electrons. The number of ether oxygens (including phenoxy) is 1. The number of carbonyl (C=O) groups is 1. The van der Waals surface area contributed by atoms with E-state index < -0.39 is 0 Å². The molecule has 0 N–H and O–H groups in total. The van der Waals surface area contributed by atoms with Crippen LogP contribution in [0.15, 0.2) is 54.6 Å². The van der Waals surface area contributed by atoms with Crippen LogP contribution in [0.25, 0.3) is 0 Å². The first-order valence-electron chi connectivity index (χ1n) is 7.11. The van der Waals surface area contributed by atoms with Crippen LogP contribution in [-0.4, -0.2) is 24.5 Å². The highest BCUT2D eigenvalue weighted by molar-refractivity contribution is 5.73. The van der Waals surface area contributed by atoms with Gasteiger partial charge >= 0.3 is 0 Å². The van der Waals surface area contributed by atoms with Gasteiger partial charge in [-0.2, -0.15) is 0 Å². The molecule has 0 heterocycles. The molecule has 2 aromatic rings. The first kappa shape index (κ1) is 15.1. The summed E-state index contributed by atoms with van der Waals surface area (Å²) in [5.41, 5.74) is 2.36. The van der Waals surface area contributed by atoms with Crippen molar-refractivity contribution in [2.24, 2.45) is 0 Å². The second-order valence-corrected chi connectivity index (χ2v) is 5.02. The number of rotatable bonds is 6. The first-order chi connectivity index (χ1) is 10.2. The van der Waals surface area contributed by atoms with Crippen molar-refractivity contribution in [2.75, 3.05) is 13.7 Å². The van der Waals surface area contributed by atoms with Crippen molar-refractivity contribution in [3.8, 4) is 5.75 Å². The van der Waals surface area contributed by atoms with Gasteiger partial charge in [0.2, 0.25) is 5.91 Å². The van der Waals surface area contributed by atoms with E-state index in [1.165, 1.54) is 5.56 Å².